The molecule has 0 aliphatic carbocycles. The Labute approximate surface area is 138 Å². The summed E-state index contributed by atoms with van der Waals surface area (Å²) in [4.78, 5) is 24.6. The number of halogens is 1. The molecule has 2 rings (SSSR count). The number of carbonyl (C=O) groups excluding carboxylic acids is 2. The maximum absolute atomic E-state index is 13.8. The second-order valence-electron chi connectivity index (χ2n) is 5.19. The molecule has 0 saturated carbocycles. The van der Waals surface area contributed by atoms with Crippen LogP contribution >= 0.6 is 11.8 Å². The molecule has 0 atom stereocenters. The summed E-state index contributed by atoms with van der Waals surface area (Å²) in [6, 6.07) is 3.78. The predicted molar refractivity (Wildman–Crippen MR) is 86.7 cm³/mol. The lowest BCUT2D eigenvalue weighted by Gasteiger charge is -2.18. The summed E-state index contributed by atoms with van der Waals surface area (Å²) >= 11 is 1.40. The lowest BCUT2D eigenvalue weighted by molar-refractivity contribution is -0.112. The van der Waals surface area contributed by atoms with Crippen molar-refractivity contribution in [2.75, 3.05) is 17.7 Å². The van der Waals surface area contributed by atoms with Gasteiger partial charge in [-0.1, -0.05) is 0 Å². The summed E-state index contributed by atoms with van der Waals surface area (Å²) < 4.78 is 24.1. The van der Waals surface area contributed by atoms with Crippen LogP contribution in [0, 0.1) is 5.82 Å². The van der Waals surface area contributed by atoms with Crippen molar-refractivity contribution in [2.24, 2.45) is 0 Å². The number of hydrogen-bond donors (Lipinski definition) is 1. The first-order valence-electron chi connectivity index (χ1n) is 7.17. The van der Waals surface area contributed by atoms with Crippen molar-refractivity contribution in [2.45, 2.75) is 26.9 Å². The van der Waals surface area contributed by atoms with E-state index in [1.807, 2.05) is 0 Å². The van der Waals surface area contributed by atoms with Crippen molar-refractivity contribution in [3.63, 3.8) is 0 Å². The van der Waals surface area contributed by atoms with Crippen LogP contribution in [0.4, 0.5) is 10.1 Å². The van der Waals surface area contributed by atoms with Gasteiger partial charge in [-0.2, -0.15) is 0 Å². The molecule has 124 valence electrons. The third-order valence-electron chi connectivity index (χ3n) is 2.96. The number of thioether (sulfide) groups is 1. The molecule has 1 aliphatic rings. The molecule has 1 amide bonds. The van der Waals surface area contributed by atoms with E-state index in [0.717, 1.165) is 6.07 Å². The Bertz CT molecular complexity index is 657. The fraction of sp³-hybridized carbons (Fsp3) is 0.375. The summed E-state index contributed by atoms with van der Waals surface area (Å²) in [5.74, 6) is -0.559. The molecule has 23 heavy (non-hydrogen) atoms. The Morgan fingerprint density at radius 1 is 1.39 bits per heavy atom. The van der Waals surface area contributed by atoms with Crippen LogP contribution in [0.25, 0.3) is 0 Å². The number of amides is 1. The van der Waals surface area contributed by atoms with E-state index in [4.69, 9.17) is 9.47 Å². The lowest BCUT2D eigenvalue weighted by atomic mass is 10.2. The number of hydrogen-bond acceptors (Lipinski definition) is 5. The maximum atomic E-state index is 13.8. The van der Waals surface area contributed by atoms with Gasteiger partial charge in [0, 0.05) is 11.4 Å². The smallest absolute Gasteiger partial charge is 0.341 e. The molecular weight excluding hydrogens is 321 g/mol. The van der Waals surface area contributed by atoms with Crippen molar-refractivity contribution in [1.82, 2.24) is 0 Å². The van der Waals surface area contributed by atoms with Crippen molar-refractivity contribution >= 4 is 29.3 Å². The number of carbonyl (C=O) groups is 2. The third kappa shape index (κ3) is 4.48. The monoisotopic (exact) mass is 339 g/mol. The van der Waals surface area contributed by atoms with Crippen LogP contribution in [0.15, 0.2) is 28.9 Å². The van der Waals surface area contributed by atoms with Crippen molar-refractivity contribution < 1.29 is 23.5 Å². The highest BCUT2D eigenvalue weighted by Crippen LogP contribution is 2.27. The van der Waals surface area contributed by atoms with E-state index in [1.165, 1.54) is 23.9 Å². The summed E-state index contributed by atoms with van der Waals surface area (Å²) in [5, 5.41) is 2.65. The molecule has 1 aliphatic heterocycles. The Balaban J connectivity index is 2.18. The fourth-order valence-corrected chi connectivity index (χ4v) is 2.77. The van der Waals surface area contributed by atoms with Gasteiger partial charge >= 0.3 is 5.97 Å². The van der Waals surface area contributed by atoms with Crippen LogP contribution in [0.5, 0.6) is 0 Å². The molecule has 5 nitrogen and oxygen atoms in total. The number of ether oxygens (including phenoxy) is 2. The van der Waals surface area contributed by atoms with E-state index >= 15 is 0 Å². The first kappa shape index (κ1) is 17.3. The SMILES string of the molecule is CC1=C(C(=O)Nc2ccc(F)c(C(=O)OC(C)C)c2)SCCO1. The number of nitrogens with one attached hydrogen (secondary N) is 1. The van der Waals surface area contributed by atoms with E-state index in [0.29, 0.717) is 28.7 Å². The van der Waals surface area contributed by atoms with Crippen LogP contribution in [0.1, 0.15) is 31.1 Å². The summed E-state index contributed by atoms with van der Waals surface area (Å²) in [6.07, 6.45) is -0.358. The van der Waals surface area contributed by atoms with Crippen LogP contribution in [0.2, 0.25) is 0 Å². The normalized spacial score (nSPS) is 14.5. The molecule has 0 spiro atoms. The van der Waals surface area contributed by atoms with Crippen LogP contribution in [0.3, 0.4) is 0 Å². The Kier molecular flexibility index (Phi) is 5.65. The predicted octanol–water partition coefficient (Wildman–Crippen LogP) is 3.32. The van der Waals surface area contributed by atoms with Gasteiger partial charge in [0.05, 0.1) is 18.3 Å². The molecule has 0 fully saturated rings. The first-order valence-corrected chi connectivity index (χ1v) is 8.15. The van der Waals surface area contributed by atoms with Gasteiger partial charge in [0.2, 0.25) is 0 Å². The second kappa shape index (κ2) is 7.50. The molecule has 7 heteroatoms. The van der Waals surface area contributed by atoms with Crippen molar-refractivity contribution in [3.8, 4) is 0 Å². The van der Waals surface area contributed by atoms with E-state index in [-0.39, 0.29) is 17.6 Å². The number of allylic oxidation sites excluding steroid dienone is 1. The Hall–Kier alpha value is -2.02. The average molecular weight is 339 g/mol. The zero-order valence-electron chi connectivity index (χ0n) is 13.1. The average Bonchev–Trinajstić information content (AvgIpc) is 2.48. The molecule has 0 aromatic heterocycles. The van der Waals surface area contributed by atoms with E-state index < -0.39 is 11.8 Å². The highest BCUT2D eigenvalue weighted by Gasteiger charge is 2.20. The standard InChI is InChI=1S/C16H18FNO4S/c1-9(2)22-16(20)12-8-11(4-5-13(12)17)18-15(19)14-10(3)21-6-7-23-14/h4-5,8-9H,6-7H2,1-3H3,(H,18,19). The molecule has 1 heterocycles. The van der Waals surface area contributed by atoms with Crippen LogP contribution < -0.4 is 5.32 Å². The van der Waals surface area contributed by atoms with Gasteiger partial charge in [0.1, 0.15) is 16.5 Å². The van der Waals surface area contributed by atoms with Crippen molar-refractivity contribution in [3.05, 3.63) is 40.2 Å². The molecule has 0 radical (unpaired) electrons. The second-order valence-corrected chi connectivity index (χ2v) is 6.29. The quantitative estimate of drug-likeness (QED) is 0.853. The van der Waals surface area contributed by atoms with Gasteiger partial charge in [0.25, 0.3) is 5.91 Å². The molecule has 0 bridgehead atoms. The zero-order chi connectivity index (χ0) is 17.0. The van der Waals surface area contributed by atoms with Crippen LogP contribution in [-0.4, -0.2) is 30.3 Å². The topological polar surface area (TPSA) is 64.6 Å². The number of rotatable bonds is 4. The first-order chi connectivity index (χ1) is 10.9. The molecule has 1 N–H and O–H groups in total. The third-order valence-corrected chi connectivity index (χ3v) is 4.09. The largest absolute Gasteiger partial charge is 0.496 e. The number of benzene rings is 1. The summed E-state index contributed by atoms with van der Waals surface area (Å²) in [6.45, 7) is 5.64. The highest BCUT2D eigenvalue weighted by molar-refractivity contribution is 8.04. The molecular formula is C16H18FNO4S. The summed E-state index contributed by atoms with van der Waals surface area (Å²) in [5.41, 5.74) is 0.105. The molecule has 0 unspecified atom stereocenters. The molecule has 0 saturated heterocycles. The molecule has 1 aromatic carbocycles. The minimum absolute atomic E-state index is 0.213. The Morgan fingerprint density at radius 3 is 2.78 bits per heavy atom. The molecule has 1 aromatic rings. The number of esters is 1. The summed E-state index contributed by atoms with van der Waals surface area (Å²) in [7, 11) is 0. The minimum atomic E-state index is -0.764. The van der Waals surface area contributed by atoms with E-state index in [9.17, 15) is 14.0 Å². The lowest BCUT2D eigenvalue weighted by Crippen LogP contribution is -2.19. The highest BCUT2D eigenvalue weighted by atomic mass is 32.2. The maximum Gasteiger partial charge on any atom is 0.341 e. The van der Waals surface area contributed by atoms with Crippen molar-refractivity contribution in [1.29, 1.82) is 0 Å². The van der Waals surface area contributed by atoms with Crippen LogP contribution in [-0.2, 0) is 14.3 Å². The van der Waals surface area contributed by atoms with Gasteiger partial charge in [-0.15, -0.1) is 11.8 Å². The van der Waals surface area contributed by atoms with E-state index in [1.54, 1.807) is 20.8 Å². The van der Waals surface area contributed by atoms with E-state index in [2.05, 4.69) is 5.32 Å². The zero-order valence-corrected chi connectivity index (χ0v) is 14.0. The Morgan fingerprint density at radius 2 is 2.13 bits per heavy atom. The van der Waals surface area contributed by atoms with Gasteiger partial charge in [0.15, 0.2) is 0 Å². The van der Waals surface area contributed by atoms with Gasteiger partial charge < -0.3 is 14.8 Å². The number of anilines is 1. The van der Waals surface area contributed by atoms with Gasteiger partial charge in [-0.3, -0.25) is 4.79 Å². The van der Waals surface area contributed by atoms with Gasteiger partial charge in [-0.05, 0) is 39.0 Å². The van der Waals surface area contributed by atoms with Gasteiger partial charge in [-0.25, -0.2) is 9.18 Å². The minimum Gasteiger partial charge on any atom is -0.496 e. The fourth-order valence-electron chi connectivity index (χ4n) is 1.96.